The summed E-state index contributed by atoms with van der Waals surface area (Å²) in [5, 5.41) is 4.25. The molecule has 0 radical (unpaired) electrons. The molecule has 0 aliphatic carbocycles. The van der Waals surface area contributed by atoms with Crippen molar-refractivity contribution in [1.29, 1.82) is 0 Å². The summed E-state index contributed by atoms with van der Waals surface area (Å²) in [5.74, 6) is 0. The van der Waals surface area contributed by atoms with Crippen LogP contribution in [0.15, 0.2) is 54.9 Å². The van der Waals surface area contributed by atoms with Crippen molar-refractivity contribution in [1.82, 2.24) is 15.3 Å². The molecular formula is C17H16ClN3. The van der Waals surface area contributed by atoms with Crippen LogP contribution < -0.4 is 5.32 Å². The highest BCUT2D eigenvalue weighted by molar-refractivity contribution is 6.30. The fraction of sp³-hybridized carbons (Fsp3) is 0.176. The molecule has 0 spiro atoms. The number of fused-ring (bicyclic) bond motifs is 1. The zero-order chi connectivity index (χ0) is 14.7. The van der Waals surface area contributed by atoms with E-state index in [1.807, 2.05) is 30.3 Å². The fourth-order valence-electron chi connectivity index (χ4n) is 2.55. The first-order valence-corrected chi connectivity index (χ1v) is 7.36. The van der Waals surface area contributed by atoms with Gasteiger partial charge in [-0.15, -0.1) is 0 Å². The standard InChI is InChI=1S/C17H16ClN3/c1-2-19-16(12-5-3-6-13(18)11-12)14-7-4-8-15-17(14)21-10-9-20-15/h3-11,16,19H,2H2,1H3. The Morgan fingerprint density at radius 1 is 1.10 bits per heavy atom. The first kappa shape index (κ1) is 14.0. The van der Waals surface area contributed by atoms with Crippen LogP contribution in [0.1, 0.15) is 24.1 Å². The average molecular weight is 298 g/mol. The highest BCUT2D eigenvalue weighted by atomic mass is 35.5. The van der Waals surface area contributed by atoms with Crippen LogP contribution in [0, 0.1) is 0 Å². The lowest BCUT2D eigenvalue weighted by molar-refractivity contribution is 0.633. The summed E-state index contributed by atoms with van der Waals surface area (Å²) in [6.07, 6.45) is 3.45. The van der Waals surface area contributed by atoms with Gasteiger partial charge >= 0.3 is 0 Å². The second-order valence-corrected chi connectivity index (χ2v) is 5.25. The molecule has 1 N–H and O–H groups in total. The van der Waals surface area contributed by atoms with E-state index in [-0.39, 0.29) is 6.04 Å². The van der Waals surface area contributed by atoms with E-state index in [4.69, 9.17) is 11.6 Å². The van der Waals surface area contributed by atoms with Crippen molar-refractivity contribution in [3.8, 4) is 0 Å². The second kappa shape index (κ2) is 6.20. The summed E-state index contributed by atoms with van der Waals surface area (Å²) in [4.78, 5) is 8.88. The summed E-state index contributed by atoms with van der Waals surface area (Å²) < 4.78 is 0. The Bertz CT molecular complexity index is 752. The van der Waals surface area contributed by atoms with E-state index in [1.165, 1.54) is 0 Å². The lowest BCUT2D eigenvalue weighted by Crippen LogP contribution is -2.22. The highest BCUT2D eigenvalue weighted by Crippen LogP contribution is 2.28. The van der Waals surface area contributed by atoms with Gasteiger partial charge in [-0.3, -0.25) is 9.97 Å². The van der Waals surface area contributed by atoms with Crippen molar-refractivity contribution < 1.29 is 0 Å². The van der Waals surface area contributed by atoms with Crippen LogP contribution >= 0.6 is 11.6 Å². The van der Waals surface area contributed by atoms with Gasteiger partial charge in [0, 0.05) is 23.0 Å². The molecule has 0 fully saturated rings. The van der Waals surface area contributed by atoms with Gasteiger partial charge in [-0.25, -0.2) is 0 Å². The number of nitrogens with zero attached hydrogens (tertiary/aromatic N) is 2. The summed E-state index contributed by atoms with van der Waals surface area (Å²) in [7, 11) is 0. The van der Waals surface area contributed by atoms with Gasteiger partial charge in [0.1, 0.15) is 0 Å². The van der Waals surface area contributed by atoms with Crippen molar-refractivity contribution in [2.24, 2.45) is 0 Å². The van der Waals surface area contributed by atoms with Crippen molar-refractivity contribution in [2.45, 2.75) is 13.0 Å². The maximum atomic E-state index is 6.14. The highest BCUT2D eigenvalue weighted by Gasteiger charge is 2.16. The van der Waals surface area contributed by atoms with Crippen molar-refractivity contribution >= 4 is 22.6 Å². The number of benzene rings is 2. The molecule has 1 aromatic heterocycles. The summed E-state index contributed by atoms with van der Waals surface area (Å²) >= 11 is 6.14. The molecule has 0 saturated carbocycles. The van der Waals surface area contributed by atoms with E-state index in [9.17, 15) is 0 Å². The Morgan fingerprint density at radius 2 is 1.90 bits per heavy atom. The zero-order valence-corrected chi connectivity index (χ0v) is 12.5. The van der Waals surface area contributed by atoms with Crippen molar-refractivity contribution in [2.75, 3.05) is 6.54 Å². The predicted octanol–water partition coefficient (Wildman–Crippen LogP) is 3.98. The normalized spacial score (nSPS) is 12.5. The third-order valence-corrected chi connectivity index (χ3v) is 3.67. The molecule has 0 saturated heterocycles. The van der Waals surface area contributed by atoms with Crippen LogP contribution in [0.2, 0.25) is 5.02 Å². The summed E-state index contributed by atoms with van der Waals surface area (Å²) in [6, 6.07) is 14.1. The third kappa shape index (κ3) is 2.89. The van der Waals surface area contributed by atoms with Crippen LogP contribution in [0.4, 0.5) is 0 Å². The van der Waals surface area contributed by atoms with E-state index < -0.39 is 0 Å². The molecule has 3 rings (SSSR count). The van der Waals surface area contributed by atoms with E-state index in [0.29, 0.717) is 0 Å². The van der Waals surface area contributed by atoms with Gasteiger partial charge in [0.15, 0.2) is 0 Å². The van der Waals surface area contributed by atoms with Crippen LogP contribution in [0.5, 0.6) is 0 Å². The Kier molecular flexibility index (Phi) is 4.13. The van der Waals surface area contributed by atoms with E-state index in [2.05, 4.69) is 34.3 Å². The Hall–Kier alpha value is -1.97. The van der Waals surface area contributed by atoms with Crippen LogP contribution in [0.3, 0.4) is 0 Å². The molecule has 3 aromatic rings. The number of aromatic nitrogens is 2. The van der Waals surface area contributed by atoms with Gasteiger partial charge < -0.3 is 5.32 Å². The molecule has 1 atom stereocenters. The maximum absolute atomic E-state index is 6.14. The molecule has 4 heteroatoms. The van der Waals surface area contributed by atoms with Gasteiger partial charge in [-0.1, -0.05) is 42.8 Å². The molecule has 2 aromatic carbocycles. The lowest BCUT2D eigenvalue weighted by atomic mass is 9.97. The largest absolute Gasteiger partial charge is 0.306 e. The molecule has 1 heterocycles. The maximum Gasteiger partial charge on any atom is 0.0937 e. The molecule has 106 valence electrons. The molecule has 0 bridgehead atoms. The number of hydrogen-bond acceptors (Lipinski definition) is 3. The van der Waals surface area contributed by atoms with E-state index >= 15 is 0 Å². The smallest absolute Gasteiger partial charge is 0.0937 e. The number of halogens is 1. The number of rotatable bonds is 4. The monoisotopic (exact) mass is 297 g/mol. The molecule has 21 heavy (non-hydrogen) atoms. The first-order valence-electron chi connectivity index (χ1n) is 6.98. The molecule has 1 unspecified atom stereocenters. The lowest BCUT2D eigenvalue weighted by Gasteiger charge is -2.20. The molecular weight excluding hydrogens is 282 g/mol. The second-order valence-electron chi connectivity index (χ2n) is 4.82. The number of para-hydroxylation sites is 1. The van der Waals surface area contributed by atoms with Crippen LogP contribution in [0.25, 0.3) is 11.0 Å². The fourth-order valence-corrected chi connectivity index (χ4v) is 2.74. The van der Waals surface area contributed by atoms with E-state index in [0.717, 1.165) is 33.7 Å². The van der Waals surface area contributed by atoms with Crippen LogP contribution in [-0.4, -0.2) is 16.5 Å². The minimum atomic E-state index is 0.0501. The van der Waals surface area contributed by atoms with Crippen molar-refractivity contribution in [3.63, 3.8) is 0 Å². The van der Waals surface area contributed by atoms with Gasteiger partial charge in [-0.2, -0.15) is 0 Å². The van der Waals surface area contributed by atoms with Gasteiger partial charge in [0.25, 0.3) is 0 Å². The van der Waals surface area contributed by atoms with Gasteiger partial charge in [0.05, 0.1) is 17.1 Å². The first-order chi connectivity index (χ1) is 10.3. The Balaban J connectivity index is 2.16. The summed E-state index contributed by atoms with van der Waals surface area (Å²) in [6.45, 7) is 2.95. The topological polar surface area (TPSA) is 37.8 Å². The third-order valence-electron chi connectivity index (χ3n) is 3.43. The molecule has 0 amide bonds. The molecule has 0 aliphatic rings. The number of hydrogen-bond donors (Lipinski definition) is 1. The minimum absolute atomic E-state index is 0.0501. The van der Waals surface area contributed by atoms with E-state index in [1.54, 1.807) is 12.4 Å². The van der Waals surface area contributed by atoms with Crippen LogP contribution in [-0.2, 0) is 0 Å². The van der Waals surface area contributed by atoms with Crippen molar-refractivity contribution in [3.05, 3.63) is 71.0 Å². The Labute approximate surface area is 129 Å². The quantitative estimate of drug-likeness (QED) is 0.791. The average Bonchev–Trinajstić information content (AvgIpc) is 2.52. The SMILES string of the molecule is CCNC(c1cccc(Cl)c1)c1cccc2nccnc12. The Morgan fingerprint density at radius 3 is 2.71 bits per heavy atom. The number of nitrogens with one attached hydrogen (secondary N) is 1. The predicted molar refractivity (Wildman–Crippen MR) is 86.5 cm³/mol. The molecule has 0 aliphatic heterocycles. The van der Waals surface area contributed by atoms with Gasteiger partial charge in [0.2, 0.25) is 0 Å². The molecule has 3 nitrogen and oxygen atoms in total. The minimum Gasteiger partial charge on any atom is -0.306 e. The summed E-state index contributed by atoms with van der Waals surface area (Å²) in [5.41, 5.74) is 4.07. The van der Waals surface area contributed by atoms with Gasteiger partial charge in [-0.05, 0) is 30.3 Å². The zero-order valence-electron chi connectivity index (χ0n) is 11.8.